The first-order valence-electron chi connectivity index (χ1n) is 3.79. The van der Waals surface area contributed by atoms with Gasteiger partial charge in [-0.3, -0.25) is 4.79 Å². The smallest absolute Gasteiger partial charge is 0.394 e. The number of hydrogen-bond acceptors (Lipinski definition) is 2. The average molecular weight is 214 g/mol. The molecule has 14 heavy (non-hydrogen) atoms. The first-order chi connectivity index (χ1) is 6.52. The molecule has 1 aromatic rings. The number of carboxylic acids is 1. The molecule has 74 valence electrons. The third kappa shape index (κ3) is 2.23. The van der Waals surface area contributed by atoms with Crippen LogP contribution in [0.25, 0.3) is 0 Å². The number of amides is 1. The fourth-order valence-electron chi connectivity index (χ4n) is 0.925. The van der Waals surface area contributed by atoms with Crippen LogP contribution in [0.2, 0.25) is 5.02 Å². The molecule has 0 spiro atoms. The Kier molecular flexibility index (Phi) is 3.09. The highest BCUT2D eigenvalue weighted by Gasteiger charge is 2.17. The quantitative estimate of drug-likeness (QED) is 0.718. The Hall–Kier alpha value is -1.55. The lowest BCUT2D eigenvalue weighted by Crippen LogP contribution is -2.32. The number of anilines is 1. The summed E-state index contributed by atoms with van der Waals surface area (Å²) in [7, 11) is 1.39. The Labute approximate surface area is 85.7 Å². The molecule has 1 rings (SSSR count). The first-order valence-corrected chi connectivity index (χ1v) is 4.16. The van der Waals surface area contributed by atoms with E-state index in [1.165, 1.54) is 7.05 Å². The average Bonchev–Trinajstić information content (AvgIpc) is 2.16. The Morgan fingerprint density at radius 1 is 1.29 bits per heavy atom. The summed E-state index contributed by atoms with van der Waals surface area (Å²) < 4.78 is 0. The standard InChI is InChI=1S/C9H8ClNO3/c1-11(8(12)9(13)14)7-4-2-6(10)3-5-7/h2-5H,1H3,(H,13,14). The van der Waals surface area contributed by atoms with Gasteiger partial charge in [-0.2, -0.15) is 0 Å². The van der Waals surface area contributed by atoms with Crippen LogP contribution >= 0.6 is 11.6 Å². The molecular weight excluding hydrogens is 206 g/mol. The number of carbonyl (C=O) groups excluding carboxylic acids is 1. The molecule has 0 radical (unpaired) electrons. The summed E-state index contributed by atoms with van der Waals surface area (Å²) in [5.74, 6) is -2.46. The van der Waals surface area contributed by atoms with Crippen LogP contribution in [0.1, 0.15) is 0 Å². The van der Waals surface area contributed by atoms with Gasteiger partial charge in [0.05, 0.1) is 0 Å². The molecule has 0 bridgehead atoms. The molecule has 0 unspecified atom stereocenters. The van der Waals surface area contributed by atoms with Crippen molar-refractivity contribution in [1.29, 1.82) is 0 Å². The zero-order valence-corrected chi connectivity index (χ0v) is 8.15. The number of carbonyl (C=O) groups is 2. The van der Waals surface area contributed by atoms with Gasteiger partial charge in [-0.25, -0.2) is 4.79 Å². The third-order valence-corrected chi connectivity index (χ3v) is 1.95. The molecule has 1 amide bonds. The predicted octanol–water partition coefficient (Wildman–Crippen LogP) is 1.39. The van der Waals surface area contributed by atoms with E-state index in [0.717, 1.165) is 4.90 Å². The molecule has 1 aromatic carbocycles. The van der Waals surface area contributed by atoms with Crippen LogP contribution in [0.5, 0.6) is 0 Å². The van der Waals surface area contributed by atoms with Crippen LogP contribution in [0.3, 0.4) is 0 Å². The van der Waals surface area contributed by atoms with Crippen molar-refractivity contribution >= 4 is 29.2 Å². The second kappa shape index (κ2) is 4.11. The highest BCUT2D eigenvalue weighted by Crippen LogP contribution is 2.16. The normalized spacial score (nSPS) is 9.57. The van der Waals surface area contributed by atoms with Gasteiger partial charge in [-0.05, 0) is 24.3 Å². The highest BCUT2D eigenvalue weighted by atomic mass is 35.5. The van der Waals surface area contributed by atoms with Crippen molar-refractivity contribution in [3.8, 4) is 0 Å². The van der Waals surface area contributed by atoms with E-state index in [4.69, 9.17) is 16.7 Å². The van der Waals surface area contributed by atoms with E-state index in [1.807, 2.05) is 0 Å². The fraction of sp³-hybridized carbons (Fsp3) is 0.111. The topological polar surface area (TPSA) is 57.6 Å². The number of carboxylic acid groups (broad SMARTS) is 1. The molecule has 0 aliphatic heterocycles. The van der Waals surface area contributed by atoms with Crippen LogP contribution in [0, 0.1) is 0 Å². The summed E-state index contributed by atoms with van der Waals surface area (Å²) >= 11 is 5.64. The first kappa shape index (κ1) is 10.5. The highest BCUT2D eigenvalue weighted by molar-refractivity contribution is 6.37. The van der Waals surface area contributed by atoms with Crippen molar-refractivity contribution in [2.75, 3.05) is 11.9 Å². The number of nitrogens with zero attached hydrogens (tertiary/aromatic N) is 1. The molecule has 0 saturated heterocycles. The SMILES string of the molecule is CN(C(=O)C(=O)O)c1ccc(Cl)cc1. The molecule has 0 heterocycles. The number of aliphatic carboxylic acids is 1. The molecule has 0 aliphatic carbocycles. The van der Waals surface area contributed by atoms with E-state index >= 15 is 0 Å². The molecule has 4 nitrogen and oxygen atoms in total. The van der Waals surface area contributed by atoms with Gasteiger partial charge in [-0.1, -0.05) is 11.6 Å². The maximum Gasteiger partial charge on any atom is 0.394 e. The van der Waals surface area contributed by atoms with E-state index < -0.39 is 11.9 Å². The lowest BCUT2D eigenvalue weighted by atomic mass is 10.3. The molecule has 5 heteroatoms. The van der Waals surface area contributed by atoms with Gasteiger partial charge >= 0.3 is 11.9 Å². The van der Waals surface area contributed by atoms with E-state index in [2.05, 4.69) is 0 Å². The van der Waals surface area contributed by atoms with Crippen LogP contribution in [0.4, 0.5) is 5.69 Å². The van der Waals surface area contributed by atoms with Crippen molar-refractivity contribution in [1.82, 2.24) is 0 Å². The second-order valence-electron chi connectivity index (χ2n) is 2.65. The molecular formula is C9H8ClNO3. The van der Waals surface area contributed by atoms with Crippen molar-refractivity contribution in [3.63, 3.8) is 0 Å². The van der Waals surface area contributed by atoms with Crippen LogP contribution in [0.15, 0.2) is 24.3 Å². The summed E-state index contributed by atoms with van der Waals surface area (Å²) in [6.45, 7) is 0. The van der Waals surface area contributed by atoms with Gasteiger partial charge in [0.2, 0.25) is 0 Å². The third-order valence-electron chi connectivity index (χ3n) is 1.70. The van der Waals surface area contributed by atoms with Gasteiger partial charge in [0.15, 0.2) is 0 Å². The summed E-state index contributed by atoms with van der Waals surface area (Å²) in [5, 5.41) is 8.98. The Balaban J connectivity index is 2.89. The Morgan fingerprint density at radius 2 is 1.79 bits per heavy atom. The summed E-state index contributed by atoms with van der Waals surface area (Å²) in [6.07, 6.45) is 0. The largest absolute Gasteiger partial charge is 0.474 e. The van der Waals surface area contributed by atoms with Gasteiger partial charge in [0.25, 0.3) is 0 Å². The van der Waals surface area contributed by atoms with Gasteiger partial charge in [0.1, 0.15) is 0 Å². The molecule has 1 N–H and O–H groups in total. The van der Waals surface area contributed by atoms with Gasteiger partial charge in [-0.15, -0.1) is 0 Å². The minimum absolute atomic E-state index is 0.488. The number of rotatable bonds is 1. The van der Waals surface area contributed by atoms with E-state index in [-0.39, 0.29) is 0 Å². The number of halogens is 1. The van der Waals surface area contributed by atoms with Gasteiger partial charge in [0, 0.05) is 17.8 Å². The number of likely N-dealkylation sites (N-methyl/N-ethyl adjacent to an activating group) is 1. The second-order valence-corrected chi connectivity index (χ2v) is 3.08. The minimum atomic E-state index is -1.48. The minimum Gasteiger partial charge on any atom is -0.474 e. The van der Waals surface area contributed by atoms with Crippen molar-refractivity contribution < 1.29 is 14.7 Å². The zero-order chi connectivity index (χ0) is 10.7. The molecule has 0 aliphatic rings. The summed E-state index contributed by atoms with van der Waals surface area (Å²) in [6, 6.07) is 6.32. The maximum absolute atomic E-state index is 11.0. The van der Waals surface area contributed by atoms with Crippen molar-refractivity contribution in [2.24, 2.45) is 0 Å². The molecule has 0 saturated carbocycles. The number of benzene rings is 1. The lowest BCUT2D eigenvalue weighted by molar-refractivity contribution is -0.148. The zero-order valence-electron chi connectivity index (χ0n) is 7.40. The monoisotopic (exact) mass is 213 g/mol. The Bertz CT molecular complexity index is 361. The Morgan fingerprint density at radius 3 is 2.21 bits per heavy atom. The lowest BCUT2D eigenvalue weighted by Gasteiger charge is -2.14. The van der Waals surface area contributed by atoms with E-state index in [1.54, 1.807) is 24.3 Å². The van der Waals surface area contributed by atoms with Crippen molar-refractivity contribution in [2.45, 2.75) is 0 Å². The van der Waals surface area contributed by atoms with Gasteiger partial charge < -0.3 is 10.0 Å². The summed E-state index contributed by atoms with van der Waals surface area (Å²) in [4.78, 5) is 22.4. The van der Waals surface area contributed by atoms with Crippen LogP contribution in [-0.4, -0.2) is 24.0 Å². The summed E-state index contributed by atoms with van der Waals surface area (Å²) in [5.41, 5.74) is 0.488. The number of hydrogen-bond donors (Lipinski definition) is 1. The predicted molar refractivity (Wildman–Crippen MR) is 52.5 cm³/mol. The maximum atomic E-state index is 11.0. The van der Waals surface area contributed by atoms with E-state index in [9.17, 15) is 9.59 Å². The van der Waals surface area contributed by atoms with Crippen molar-refractivity contribution in [3.05, 3.63) is 29.3 Å². The molecule has 0 aromatic heterocycles. The van der Waals surface area contributed by atoms with E-state index in [0.29, 0.717) is 10.7 Å². The van der Waals surface area contributed by atoms with Crippen LogP contribution < -0.4 is 4.90 Å². The fourth-order valence-corrected chi connectivity index (χ4v) is 1.05. The molecule has 0 atom stereocenters. The molecule has 0 fully saturated rings. The van der Waals surface area contributed by atoms with Crippen LogP contribution in [-0.2, 0) is 9.59 Å².